The molecule has 3 aromatic carbocycles. The minimum atomic E-state index is -0.596. The molecule has 0 unspecified atom stereocenters. The van der Waals surface area contributed by atoms with Crippen molar-refractivity contribution in [1.29, 1.82) is 0 Å². The number of H-pyrrole nitrogens is 1. The molecular weight excluding hydrogens is 459 g/mol. The number of carbonyl (C=O) groups is 2. The van der Waals surface area contributed by atoms with Crippen LogP contribution >= 0.6 is 0 Å². The second-order valence-corrected chi connectivity index (χ2v) is 8.99. The quantitative estimate of drug-likeness (QED) is 0.480. The van der Waals surface area contributed by atoms with Gasteiger partial charge in [0.1, 0.15) is 5.82 Å². The van der Waals surface area contributed by atoms with E-state index in [0.29, 0.717) is 60.2 Å². The summed E-state index contributed by atoms with van der Waals surface area (Å²) in [6, 6.07) is 19.0. The van der Waals surface area contributed by atoms with Crippen LogP contribution in [0, 0.1) is 12.7 Å². The molecule has 0 spiro atoms. The molecular formula is C28H25FN4O3. The number of halogens is 1. The molecule has 1 N–H and O–H groups in total. The van der Waals surface area contributed by atoms with Crippen LogP contribution in [0.3, 0.4) is 0 Å². The molecule has 1 fully saturated rings. The van der Waals surface area contributed by atoms with Gasteiger partial charge in [-0.15, -0.1) is 0 Å². The molecule has 0 saturated carbocycles. The molecule has 1 aliphatic heterocycles. The zero-order valence-electron chi connectivity index (χ0n) is 19.8. The van der Waals surface area contributed by atoms with Crippen molar-refractivity contribution in [3.63, 3.8) is 0 Å². The summed E-state index contributed by atoms with van der Waals surface area (Å²) in [5, 5.41) is 7.93. The predicted octanol–water partition coefficient (Wildman–Crippen LogP) is 3.56. The van der Waals surface area contributed by atoms with Gasteiger partial charge in [0, 0.05) is 43.5 Å². The lowest BCUT2D eigenvalue weighted by Gasteiger charge is -2.35. The summed E-state index contributed by atoms with van der Waals surface area (Å²) in [4.78, 5) is 41.4. The maximum atomic E-state index is 14.7. The van der Waals surface area contributed by atoms with Crippen LogP contribution in [0.2, 0.25) is 0 Å². The number of piperazine rings is 1. The molecule has 2 amide bonds. The Labute approximate surface area is 207 Å². The number of amides is 2. The van der Waals surface area contributed by atoms with Crippen molar-refractivity contribution in [3.8, 4) is 0 Å². The first-order valence-electron chi connectivity index (χ1n) is 11.8. The highest BCUT2D eigenvalue weighted by atomic mass is 19.1. The molecule has 7 nitrogen and oxygen atoms in total. The largest absolute Gasteiger partial charge is 0.335 e. The molecule has 1 aliphatic rings. The Bertz CT molecular complexity index is 1520. The maximum absolute atomic E-state index is 14.7. The summed E-state index contributed by atoms with van der Waals surface area (Å²) < 4.78 is 14.7. The lowest BCUT2D eigenvalue weighted by Crippen LogP contribution is -2.50. The van der Waals surface area contributed by atoms with Gasteiger partial charge in [-0.05, 0) is 42.8 Å². The summed E-state index contributed by atoms with van der Waals surface area (Å²) >= 11 is 0. The Morgan fingerprint density at radius 3 is 2.31 bits per heavy atom. The minimum absolute atomic E-state index is 0.0142. The molecule has 0 bridgehead atoms. The average Bonchev–Trinajstić information content (AvgIpc) is 2.91. The number of fused-ring (bicyclic) bond motifs is 1. The number of benzene rings is 3. The molecule has 8 heteroatoms. The first-order chi connectivity index (χ1) is 17.4. The number of nitrogens with zero attached hydrogens (tertiary/aromatic N) is 3. The summed E-state index contributed by atoms with van der Waals surface area (Å²) in [6.45, 7) is 3.35. The molecule has 0 atom stereocenters. The van der Waals surface area contributed by atoms with Crippen LogP contribution in [0.1, 0.15) is 37.5 Å². The van der Waals surface area contributed by atoms with Gasteiger partial charge in [-0.25, -0.2) is 9.49 Å². The number of aryl methyl sites for hydroxylation is 1. The van der Waals surface area contributed by atoms with Crippen molar-refractivity contribution in [1.82, 2.24) is 20.0 Å². The average molecular weight is 485 g/mol. The second kappa shape index (κ2) is 9.73. The number of rotatable bonds is 4. The first kappa shape index (κ1) is 23.4. The van der Waals surface area contributed by atoms with E-state index in [1.54, 1.807) is 40.1 Å². The third kappa shape index (κ3) is 4.62. The van der Waals surface area contributed by atoms with Gasteiger partial charge in [0.05, 0.1) is 16.6 Å². The van der Waals surface area contributed by atoms with Gasteiger partial charge in [0.2, 0.25) is 0 Å². The van der Waals surface area contributed by atoms with Crippen LogP contribution in [0.4, 0.5) is 4.39 Å². The molecule has 2 heterocycles. The summed E-state index contributed by atoms with van der Waals surface area (Å²) in [6.07, 6.45) is 0.330. The van der Waals surface area contributed by atoms with Gasteiger partial charge in [0.15, 0.2) is 0 Å². The standard InChI is InChI=1S/C28H25FN4O3/c1-18-5-4-6-20(15-18)27(35)32-11-13-33(14-12-32)28(36)23-16-19(9-10-24(23)29)17-25-21-7-2-3-8-22(21)26(34)31-30-25/h2-10,15-16H,11-14,17H2,1H3,(H,31,34). The van der Waals surface area contributed by atoms with Crippen LogP contribution in [-0.2, 0) is 6.42 Å². The van der Waals surface area contributed by atoms with Crippen molar-refractivity contribution in [3.05, 3.63) is 111 Å². The number of aromatic amines is 1. The van der Waals surface area contributed by atoms with Crippen molar-refractivity contribution < 1.29 is 14.0 Å². The van der Waals surface area contributed by atoms with Crippen LogP contribution in [0.15, 0.2) is 71.5 Å². The van der Waals surface area contributed by atoms with Gasteiger partial charge in [-0.2, -0.15) is 5.10 Å². The predicted molar refractivity (Wildman–Crippen MR) is 135 cm³/mol. The van der Waals surface area contributed by atoms with Crippen molar-refractivity contribution >= 4 is 22.6 Å². The summed E-state index contributed by atoms with van der Waals surface area (Å²) in [7, 11) is 0. The van der Waals surface area contributed by atoms with Crippen LogP contribution in [0.5, 0.6) is 0 Å². The molecule has 36 heavy (non-hydrogen) atoms. The third-order valence-corrected chi connectivity index (χ3v) is 6.53. The van der Waals surface area contributed by atoms with E-state index in [1.807, 2.05) is 37.3 Å². The molecule has 5 rings (SSSR count). The van der Waals surface area contributed by atoms with E-state index in [4.69, 9.17) is 0 Å². The third-order valence-electron chi connectivity index (χ3n) is 6.53. The topological polar surface area (TPSA) is 86.4 Å². The number of hydrogen-bond acceptors (Lipinski definition) is 4. The minimum Gasteiger partial charge on any atom is -0.335 e. The fourth-order valence-corrected chi connectivity index (χ4v) is 4.59. The monoisotopic (exact) mass is 484 g/mol. The number of aromatic nitrogens is 2. The fraction of sp³-hybridized carbons (Fsp3) is 0.214. The van der Waals surface area contributed by atoms with Gasteiger partial charge >= 0.3 is 0 Å². The van der Waals surface area contributed by atoms with Crippen molar-refractivity contribution in [2.75, 3.05) is 26.2 Å². The summed E-state index contributed by atoms with van der Waals surface area (Å²) in [5.74, 6) is -1.07. The maximum Gasteiger partial charge on any atom is 0.272 e. The first-order valence-corrected chi connectivity index (χ1v) is 11.8. The van der Waals surface area contributed by atoms with E-state index >= 15 is 0 Å². The fourth-order valence-electron chi connectivity index (χ4n) is 4.59. The van der Waals surface area contributed by atoms with Crippen LogP contribution in [0.25, 0.3) is 10.8 Å². The zero-order valence-corrected chi connectivity index (χ0v) is 19.8. The van der Waals surface area contributed by atoms with Crippen LogP contribution in [-0.4, -0.2) is 58.0 Å². The highest BCUT2D eigenvalue weighted by molar-refractivity contribution is 5.96. The van der Waals surface area contributed by atoms with E-state index in [1.165, 1.54) is 6.07 Å². The highest BCUT2D eigenvalue weighted by Gasteiger charge is 2.27. The van der Waals surface area contributed by atoms with Crippen molar-refractivity contribution in [2.24, 2.45) is 0 Å². The molecule has 0 radical (unpaired) electrons. The van der Waals surface area contributed by atoms with Gasteiger partial charge in [0.25, 0.3) is 17.4 Å². The Balaban J connectivity index is 1.31. The SMILES string of the molecule is Cc1cccc(C(=O)N2CCN(C(=O)c3cc(Cc4n[nH]c(=O)c5ccccc45)ccc3F)CC2)c1. The molecule has 1 saturated heterocycles. The molecule has 4 aromatic rings. The van der Waals surface area contributed by atoms with E-state index < -0.39 is 11.7 Å². The summed E-state index contributed by atoms with van der Waals surface area (Å²) in [5.41, 5.74) is 2.69. The number of nitrogens with one attached hydrogen (secondary N) is 1. The van der Waals surface area contributed by atoms with E-state index in [-0.39, 0.29) is 17.0 Å². The smallest absolute Gasteiger partial charge is 0.272 e. The Hall–Kier alpha value is -4.33. The second-order valence-electron chi connectivity index (χ2n) is 8.99. The number of hydrogen-bond donors (Lipinski definition) is 1. The molecule has 0 aliphatic carbocycles. The van der Waals surface area contributed by atoms with E-state index in [9.17, 15) is 18.8 Å². The zero-order chi connectivity index (χ0) is 25.2. The number of carbonyl (C=O) groups excluding carboxylic acids is 2. The van der Waals surface area contributed by atoms with Crippen molar-refractivity contribution in [2.45, 2.75) is 13.3 Å². The Kier molecular flexibility index (Phi) is 6.33. The van der Waals surface area contributed by atoms with Gasteiger partial charge in [-0.1, -0.05) is 42.0 Å². The van der Waals surface area contributed by atoms with Crippen LogP contribution < -0.4 is 5.56 Å². The van der Waals surface area contributed by atoms with E-state index in [0.717, 1.165) is 5.56 Å². The lowest BCUT2D eigenvalue weighted by molar-refractivity contribution is 0.0532. The molecule has 182 valence electrons. The van der Waals surface area contributed by atoms with E-state index in [2.05, 4.69) is 10.2 Å². The Morgan fingerprint density at radius 2 is 1.58 bits per heavy atom. The molecule has 1 aromatic heterocycles. The lowest BCUT2D eigenvalue weighted by atomic mass is 10.0. The normalized spacial score (nSPS) is 13.7. The van der Waals surface area contributed by atoms with Gasteiger partial charge in [-0.3, -0.25) is 14.4 Å². The Morgan fingerprint density at radius 1 is 0.889 bits per heavy atom. The highest BCUT2D eigenvalue weighted by Crippen LogP contribution is 2.20. The van der Waals surface area contributed by atoms with Gasteiger partial charge < -0.3 is 9.80 Å².